The van der Waals surface area contributed by atoms with Gasteiger partial charge < -0.3 is 19.2 Å². The predicted molar refractivity (Wildman–Crippen MR) is 124 cm³/mol. The average Bonchev–Trinajstić information content (AvgIpc) is 3.14. The van der Waals surface area contributed by atoms with Crippen molar-refractivity contribution in [2.75, 3.05) is 47.4 Å². The molecule has 5 rings (SSSR count). The van der Waals surface area contributed by atoms with E-state index in [4.69, 9.17) is 0 Å². The number of fused-ring (bicyclic) bond motifs is 2. The first-order valence-corrected chi connectivity index (χ1v) is 9.77. The van der Waals surface area contributed by atoms with Crippen molar-refractivity contribution in [1.82, 2.24) is 0 Å². The van der Waals surface area contributed by atoms with Crippen LogP contribution in [0.3, 0.4) is 0 Å². The zero-order chi connectivity index (χ0) is 19.4. The summed E-state index contributed by atoms with van der Waals surface area (Å²) in [4.78, 5) is 9.42. The number of nitrogens with zero attached hydrogens (tertiary/aromatic N) is 4. The highest BCUT2D eigenvalue weighted by Gasteiger charge is 2.39. The molecule has 3 aromatic carbocycles. The second-order valence-electron chi connectivity index (χ2n) is 7.84. The maximum absolute atomic E-state index is 2.36. The summed E-state index contributed by atoms with van der Waals surface area (Å²) in [6, 6.07) is 26.3. The molecule has 0 bridgehead atoms. The van der Waals surface area contributed by atoms with Crippen molar-refractivity contribution in [3.63, 3.8) is 0 Å². The molecule has 0 aromatic heterocycles. The lowest BCUT2D eigenvalue weighted by molar-refractivity contribution is 1.30. The largest absolute Gasteiger partial charge is 0.411 e. The van der Waals surface area contributed by atoms with Gasteiger partial charge in [-0.2, -0.15) is 0 Å². The molecule has 2 aliphatic rings. The van der Waals surface area contributed by atoms with Crippen molar-refractivity contribution in [2.45, 2.75) is 0 Å². The number of hydrogen-bond donors (Lipinski definition) is 0. The predicted octanol–water partition coefficient (Wildman–Crippen LogP) is 2.25. The maximum Gasteiger partial charge on any atom is 0.411 e. The van der Waals surface area contributed by atoms with Crippen LogP contribution in [0.25, 0.3) is 0 Å². The Hall–Kier alpha value is -3.01. The van der Waals surface area contributed by atoms with Crippen LogP contribution in [0.15, 0.2) is 72.8 Å². The molecule has 6 heteroatoms. The first kappa shape index (κ1) is 17.1. The smallest absolute Gasteiger partial charge is 0.393 e. The van der Waals surface area contributed by atoms with Crippen LogP contribution >= 0.6 is 0 Å². The number of benzene rings is 3. The molecule has 0 saturated heterocycles. The highest BCUT2D eigenvalue weighted by Crippen LogP contribution is 2.36. The van der Waals surface area contributed by atoms with Gasteiger partial charge >= 0.3 is 14.0 Å². The maximum atomic E-state index is 2.36. The van der Waals surface area contributed by atoms with E-state index in [2.05, 4.69) is 120 Å². The Bertz CT molecular complexity index is 883. The molecule has 2 heterocycles. The first-order chi connectivity index (χ1) is 13.6. The molecule has 0 spiro atoms. The molecule has 0 atom stereocenters. The van der Waals surface area contributed by atoms with Gasteiger partial charge in [0.15, 0.2) is 0 Å². The van der Waals surface area contributed by atoms with Crippen molar-refractivity contribution in [3.8, 4) is 0 Å². The lowest BCUT2D eigenvalue weighted by Gasteiger charge is -2.26. The number of hydrogen-bond acceptors (Lipinski definition) is 4. The van der Waals surface area contributed by atoms with Crippen LogP contribution in [0.5, 0.6) is 0 Å². The third-order valence-electron chi connectivity index (χ3n) is 6.28. The van der Waals surface area contributed by atoms with Gasteiger partial charge in [0.1, 0.15) is 0 Å². The van der Waals surface area contributed by atoms with Crippen molar-refractivity contribution in [2.24, 2.45) is 0 Å². The minimum absolute atomic E-state index is 0.225. The van der Waals surface area contributed by atoms with Crippen LogP contribution < -0.4 is 30.2 Å². The van der Waals surface area contributed by atoms with Crippen LogP contribution in [0.2, 0.25) is 0 Å². The van der Waals surface area contributed by atoms with Crippen molar-refractivity contribution in [1.29, 1.82) is 0 Å². The molecule has 0 unspecified atom stereocenters. The summed E-state index contributed by atoms with van der Waals surface area (Å²) in [6.45, 7) is 0.449. The Morgan fingerprint density at radius 3 is 0.929 bits per heavy atom. The normalized spacial score (nSPS) is 15.4. The van der Waals surface area contributed by atoms with Crippen LogP contribution in [0.4, 0.5) is 22.7 Å². The Balaban J connectivity index is 1.45. The summed E-state index contributed by atoms with van der Waals surface area (Å²) in [6.07, 6.45) is 0. The highest BCUT2D eigenvalue weighted by molar-refractivity contribution is 6.83. The van der Waals surface area contributed by atoms with Gasteiger partial charge in [0.2, 0.25) is 0 Å². The van der Waals surface area contributed by atoms with E-state index in [1.54, 1.807) is 0 Å². The van der Waals surface area contributed by atoms with E-state index in [9.17, 15) is 0 Å². The third-order valence-corrected chi connectivity index (χ3v) is 6.28. The number of anilines is 4. The summed E-state index contributed by atoms with van der Waals surface area (Å²) >= 11 is 0. The number of rotatable bonds is 2. The Kier molecular flexibility index (Phi) is 3.83. The Labute approximate surface area is 168 Å². The van der Waals surface area contributed by atoms with E-state index in [-0.39, 0.29) is 14.0 Å². The van der Waals surface area contributed by atoms with Gasteiger partial charge in [-0.15, -0.1) is 0 Å². The molecule has 4 nitrogen and oxygen atoms in total. The second-order valence-corrected chi connectivity index (χ2v) is 7.84. The fourth-order valence-electron chi connectivity index (χ4n) is 4.90. The van der Waals surface area contributed by atoms with Gasteiger partial charge in [-0.3, -0.25) is 0 Å². The standard InChI is InChI=1S/C22H24B2N4/c1-25-19-9-5-6-10-20(19)26(2)23(25)17-13-15-18(16-14-17)24-27(3)21-11-7-8-12-22(21)28(24)4/h5-16H,1-4H3. The fraction of sp³-hybridized carbons (Fsp3) is 0.182. The molecule has 0 saturated carbocycles. The molecular weight excluding hydrogens is 342 g/mol. The molecule has 0 aliphatic carbocycles. The molecule has 0 radical (unpaired) electrons. The van der Waals surface area contributed by atoms with Crippen LogP contribution in [0, 0.1) is 0 Å². The fourth-order valence-corrected chi connectivity index (χ4v) is 4.90. The third kappa shape index (κ3) is 2.34. The monoisotopic (exact) mass is 366 g/mol. The van der Waals surface area contributed by atoms with Gasteiger partial charge in [0, 0.05) is 22.7 Å². The van der Waals surface area contributed by atoms with Gasteiger partial charge in [-0.1, -0.05) is 48.5 Å². The zero-order valence-corrected chi connectivity index (χ0v) is 16.9. The molecule has 138 valence electrons. The van der Waals surface area contributed by atoms with E-state index in [1.807, 2.05) is 0 Å². The SMILES string of the molecule is CN1B(c2ccc(B3N(C)c4ccccc4N3C)cc2)N(C)c2ccccc21. The average molecular weight is 366 g/mol. The number of para-hydroxylation sites is 4. The second kappa shape index (κ2) is 6.26. The quantitative estimate of drug-likeness (QED) is 0.645. The zero-order valence-electron chi connectivity index (χ0n) is 16.9. The van der Waals surface area contributed by atoms with Crippen molar-refractivity contribution < 1.29 is 0 Å². The van der Waals surface area contributed by atoms with Crippen LogP contribution in [0.1, 0.15) is 0 Å². The van der Waals surface area contributed by atoms with E-state index in [0.29, 0.717) is 0 Å². The van der Waals surface area contributed by atoms with E-state index < -0.39 is 0 Å². The summed E-state index contributed by atoms with van der Waals surface area (Å²) in [5, 5.41) is 0. The molecule has 28 heavy (non-hydrogen) atoms. The van der Waals surface area contributed by atoms with Crippen molar-refractivity contribution >= 4 is 47.6 Å². The first-order valence-electron chi connectivity index (χ1n) is 9.77. The topological polar surface area (TPSA) is 13.0 Å². The summed E-state index contributed by atoms with van der Waals surface area (Å²) in [7, 11) is 8.71. The summed E-state index contributed by atoms with van der Waals surface area (Å²) in [5.41, 5.74) is 7.75. The lowest BCUT2D eigenvalue weighted by Crippen LogP contribution is -2.56. The van der Waals surface area contributed by atoms with Gasteiger partial charge in [-0.25, -0.2) is 0 Å². The molecule has 3 aromatic rings. The van der Waals surface area contributed by atoms with E-state index in [1.165, 1.54) is 33.7 Å². The molecular formula is C22H24B2N4. The Morgan fingerprint density at radius 1 is 0.429 bits per heavy atom. The molecule has 0 N–H and O–H groups in total. The minimum Gasteiger partial charge on any atom is -0.393 e. The molecule has 0 amide bonds. The van der Waals surface area contributed by atoms with Crippen molar-refractivity contribution in [3.05, 3.63) is 72.8 Å². The Morgan fingerprint density at radius 2 is 0.679 bits per heavy atom. The van der Waals surface area contributed by atoms with Gasteiger partial charge in [0.25, 0.3) is 0 Å². The van der Waals surface area contributed by atoms with Crippen LogP contribution in [-0.2, 0) is 0 Å². The molecule has 0 fully saturated rings. The van der Waals surface area contributed by atoms with Gasteiger partial charge in [0.05, 0.1) is 0 Å². The summed E-state index contributed by atoms with van der Waals surface area (Å²) in [5.74, 6) is 0. The highest BCUT2D eigenvalue weighted by atomic mass is 15.3. The molecule has 2 aliphatic heterocycles. The lowest BCUT2D eigenvalue weighted by atomic mass is 9.62. The summed E-state index contributed by atoms with van der Waals surface area (Å²) < 4.78 is 0. The van der Waals surface area contributed by atoms with E-state index in [0.717, 1.165) is 0 Å². The van der Waals surface area contributed by atoms with E-state index >= 15 is 0 Å². The minimum atomic E-state index is 0.225. The van der Waals surface area contributed by atoms with Gasteiger partial charge in [-0.05, 0) is 63.4 Å². The van der Waals surface area contributed by atoms with Crippen LogP contribution in [-0.4, -0.2) is 42.2 Å².